The molecule has 2 fully saturated rings. The number of halogens is 3. The summed E-state index contributed by atoms with van der Waals surface area (Å²) >= 11 is 5.76. The average Bonchev–Trinajstić information content (AvgIpc) is 3.66. The van der Waals surface area contributed by atoms with Gasteiger partial charge in [0.15, 0.2) is 0 Å². The van der Waals surface area contributed by atoms with Gasteiger partial charge in [0.05, 0.1) is 17.7 Å². The number of amides is 2. The molecular formula is C23H29ClF2N4O2. The Labute approximate surface area is 191 Å². The molecule has 3 N–H and O–H groups in total. The van der Waals surface area contributed by atoms with Crippen molar-refractivity contribution in [2.24, 2.45) is 11.8 Å². The predicted octanol–water partition coefficient (Wildman–Crippen LogP) is 5.38. The Hall–Kier alpha value is -2.19. The van der Waals surface area contributed by atoms with E-state index in [2.05, 4.69) is 15.5 Å². The van der Waals surface area contributed by atoms with E-state index in [1.165, 1.54) is 31.0 Å². The average molecular weight is 467 g/mol. The molecule has 5 rings (SSSR count). The molecule has 3 unspecified atom stereocenters. The van der Waals surface area contributed by atoms with E-state index in [0.717, 1.165) is 24.1 Å². The first-order chi connectivity index (χ1) is 15.2. The minimum Gasteiger partial charge on any atom is -0.393 e. The summed E-state index contributed by atoms with van der Waals surface area (Å²) in [5, 5.41) is 18.5. The van der Waals surface area contributed by atoms with Crippen LogP contribution in [0.2, 0.25) is 5.02 Å². The van der Waals surface area contributed by atoms with Crippen LogP contribution in [0.3, 0.4) is 0 Å². The molecule has 2 heterocycles. The zero-order valence-corrected chi connectivity index (χ0v) is 19.0. The number of H-pyrrole nitrogens is 1. The number of hydrogen-bond donors (Lipinski definition) is 3. The van der Waals surface area contributed by atoms with Gasteiger partial charge in [0.25, 0.3) is 0 Å². The summed E-state index contributed by atoms with van der Waals surface area (Å²) < 4.78 is 27.8. The van der Waals surface area contributed by atoms with Gasteiger partial charge in [0, 0.05) is 29.4 Å². The summed E-state index contributed by atoms with van der Waals surface area (Å²) in [4.78, 5) is 14.3. The Bertz CT molecular complexity index is 975. The van der Waals surface area contributed by atoms with Crippen LogP contribution in [-0.4, -0.2) is 38.4 Å². The Kier molecular flexibility index (Phi) is 6.72. The molecule has 174 valence electrons. The van der Waals surface area contributed by atoms with Gasteiger partial charge in [-0.05, 0) is 69.6 Å². The number of aliphatic hydroxyl groups excluding tert-OH is 1. The summed E-state index contributed by atoms with van der Waals surface area (Å²) in [7, 11) is 0. The van der Waals surface area contributed by atoms with E-state index in [1.807, 2.05) is 13.8 Å². The van der Waals surface area contributed by atoms with E-state index in [0.29, 0.717) is 23.7 Å². The van der Waals surface area contributed by atoms with Crippen LogP contribution in [0.5, 0.6) is 0 Å². The van der Waals surface area contributed by atoms with E-state index in [1.54, 1.807) is 4.90 Å². The molecule has 1 aromatic carbocycles. The molecule has 0 saturated heterocycles. The first kappa shape index (κ1) is 23.0. The summed E-state index contributed by atoms with van der Waals surface area (Å²) in [5.41, 5.74) is 2.50. The highest BCUT2D eigenvalue weighted by molar-refractivity contribution is 6.31. The molecule has 1 aliphatic heterocycles. The molecule has 2 saturated carbocycles. The van der Waals surface area contributed by atoms with Crippen LogP contribution in [0.25, 0.3) is 0 Å². The van der Waals surface area contributed by atoms with Gasteiger partial charge in [-0.2, -0.15) is 5.10 Å². The van der Waals surface area contributed by atoms with Crippen molar-refractivity contribution in [3.63, 3.8) is 0 Å². The number of aromatic nitrogens is 2. The molecule has 0 spiro atoms. The smallest absolute Gasteiger partial charge is 0.322 e. The van der Waals surface area contributed by atoms with Crippen LogP contribution < -0.4 is 5.32 Å². The van der Waals surface area contributed by atoms with E-state index < -0.39 is 12.0 Å². The molecule has 6 nitrogen and oxygen atoms in total. The number of aliphatic hydroxyl groups is 1. The summed E-state index contributed by atoms with van der Waals surface area (Å²) in [6, 6.07) is 3.61. The molecule has 9 heteroatoms. The van der Waals surface area contributed by atoms with Crippen LogP contribution in [0, 0.1) is 17.7 Å². The van der Waals surface area contributed by atoms with Crippen LogP contribution in [-0.2, 0) is 13.0 Å². The lowest BCUT2D eigenvalue weighted by atomic mass is 9.97. The third-order valence-corrected chi connectivity index (χ3v) is 6.67. The van der Waals surface area contributed by atoms with Gasteiger partial charge in [-0.25, -0.2) is 13.6 Å². The maximum atomic E-state index is 14.5. The second-order valence-electron chi connectivity index (χ2n) is 9.12. The number of carbonyl (C=O) groups excluding carboxylic acids is 1. The van der Waals surface area contributed by atoms with Crippen molar-refractivity contribution in [3.05, 3.63) is 46.0 Å². The van der Waals surface area contributed by atoms with Crippen molar-refractivity contribution in [3.8, 4) is 0 Å². The highest BCUT2D eigenvalue weighted by atomic mass is 35.5. The number of hydrogen-bond acceptors (Lipinski definition) is 3. The third kappa shape index (κ3) is 5.23. The minimum atomic E-state index is -1.08. The van der Waals surface area contributed by atoms with Crippen molar-refractivity contribution in [1.82, 2.24) is 15.1 Å². The fourth-order valence-electron chi connectivity index (χ4n) is 3.95. The Morgan fingerprint density at radius 2 is 2.00 bits per heavy atom. The highest BCUT2D eigenvalue weighted by Gasteiger charge is 2.38. The summed E-state index contributed by atoms with van der Waals surface area (Å²) in [6.45, 7) is 4.07. The maximum absolute atomic E-state index is 14.5. The fourth-order valence-corrected chi connectivity index (χ4v) is 4.13. The monoisotopic (exact) mass is 466 g/mol. The number of nitrogens with zero attached hydrogens (tertiary/aromatic N) is 2. The number of fused-ring (bicyclic) bond motifs is 1. The number of benzene rings is 1. The number of urea groups is 1. The Balaban J connectivity index is 0.000000354. The van der Waals surface area contributed by atoms with Crippen LogP contribution in [0.4, 0.5) is 19.3 Å². The summed E-state index contributed by atoms with van der Waals surface area (Å²) in [5.74, 6) is 0.160. The lowest BCUT2D eigenvalue weighted by Crippen LogP contribution is -2.45. The number of alkyl halides is 1. The first-order valence-electron chi connectivity index (χ1n) is 11.2. The Morgan fingerprint density at radius 3 is 2.56 bits per heavy atom. The van der Waals surface area contributed by atoms with Gasteiger partial charge in [-0.1, -0.05) is 11.6 Å². The van der Waals surface area contributed by atoms with Crippen molar-refractivity contribution < 1.29 is 18.7 Å². The molecule has 1 aromatic heterocycles. The van der Waals surface area contributed by atoms with E-state index in [4.69, 9.17) is 16.7 Å². The minimum absolute atomic E-state index is 0.0370. The molecule has 0 bridgehead atoms. The van der Waals surface area contributed by atoms with Crippen molar-refractivity contribution in [2.45, 2.75) is 70.8 Å². The lowest BCUT2D eigenvalue weighted by Gasteiger charge is -2.33. The zero-order chi connectivity index (χ0) is 23.0. The number of aromatic amines is 1. The second kappa shape index (κ2) is 9.35. The summed E-state index contributed by atoms with van der Waals surface area (Å²) in [6.07, 6.45) is 3.73. The second-order valence-corrected chi connectivity index (χ2v) is 9.53. The topological polar surface area (TPSA) is 81.2 Å². The van der Waals surface area contributed by atoms with Crippen LogP contribution in [0.1, 0.15) is 62.7 Å². The van der Waals surface area contributed by atoms with Crippen molar-refractivity contribution >= 4 is 23.3 Å². The maximum Gasteiger partial charge on any atom is 0.322 e. The molecular weight excluding hydrogens is 438 g/mol. The number of rotatable bonds is 4. The highest BCUT2D eigenvalue weighted by Crippen LogP contribution is 2.45. The van der Waals surface area contributed by atoms with E-state index in [-0.39, 0.29) is 35.7 Å². The van der Waals surface area contributed by atoms with Gasteiger partial charge in [-0.3, -0.25) is 5.10 Å². The third-order valence-electron chi connectivity index (χ3n) is 6.38. The van der Waals surface area contributed by atoms with Gasteiger partial charge < -0.3 is 15.3 Å². The molecule has 3 aliphatic rings. The molecule has 2 aliphatic carbocycles. The predicted molar refractivity (Wildman–Crippen MR) is 119 cm³/mol. The van der Waals surface area contributed by atoms with Crippen LogP contribution >= 0.6 is 11.6 Å². The largest absolute Gasteiger partial charge is 0.393 e. The molecule has 2 amide bonds. The van der Waals surface area contributed by atoms with Gasteiger partial charge in [0.2, 0.25) is 0 Å². The SMILES string of the molecule is CC(O)C1CC1.CC1Cc2[nH]nc(C(F)C3CC3)c2CN1C(=O)Nc1ccc(F)c(Cl)c1. The molecule has 3 atom stereocenters. The van der Waals surface area contributed by atoms with E-state index >= 15 is 0 Å². The normalized spacial score (nSPS) is 21.8. The van der Waals surface area contributed by atoms with E-state index in [9.17, 15) is 13.6 Å². The van der Waals surface area contributed by atoms with Gasteiger partial charge >= 0.3 is 6.03 Å². The first-order valence-corrected chi connectivity index (χ1v) is 11.5. The molecule has 32 heavy (non-hydrogen) atoms. The lowest BCUT2D eigenvalue weighted by molar-refractivity contribution is 0.171. The van der Waals surface area contributed by atoms with Crippen molar-refractivity contribution in [2.75, 3.05) is 5.32 Å². The fraction of sp³-hybridized carbons (Fsp3) is 0.565. The standard InChI is InChI=1S/C18H19ClF2N4O.C5H10O/c1-9-6-15-12(17(24-23-15)16(21)10-2-3-10)8-25(9)18(26)22-11-4-5-14(20)13(19)7-11;1-4(6)5-2-3-5/h4-5,7,9-10,16H,2-3,6,8H2,1H3,(H,22,26)(H,23,24);4-6H,2-3H2,1H3. The quantitative estimate of drug-likeness (QED) is 0.566. The van der Waals surface area contributed by atoms with Crippen LogP contribution in [0.15, 0.2) is 18.2 Å². The Morgan fingerprint density at radius 1 is 1.31 bits per heavy atom. The molecule has 0 radical (unpaired) electrons. The zero-order valence-electron chi connectivity index (χ0n) is 18.2. The van der Waals surface area contributed by atoms with Gasteiger partial charge in [0.1, 0.15) is 17.7 Å². The van der Waals surface area contributed by atoms with Crippen molar-refractivity contribution in [1.29, 1.82) is 0 Å². The number of anilines is 1. The molecule has 2 aromatic rings. The number of carbonyl (C=O) groups is 1. The number of nitrogens with one attached hydrogen (secondary N) is 2. The van der Waals surface area contributed by atoms with Gasteiger partial charge in [-0.15, -0.1) is 0 Å².